The van der Waals surface area contributed by atoms with Gasteiger partial charge in [0.05, 0.1) is 0 Å². The van der Waals surface area contributed by atoms with E-state index >= 15 is 0 Å². The third-order valence-electron chi connectivity index (χ3n) is 3.24. The molecule has 0 spiro atoms. The SMILES string of the molecule is CCC(=CC(=O)Nc1ncn(CC(=O)NC)n1)c1cccc(Cl)c1. The van der Waals surface area contributed by atoms with E-state index in [0.29, 0.717) is 11.4 Å². The number of amides is 2. The van der Waals surface area contributed by atoms with Gasteiger partial charge in [-0.15, -0.1) is 5.10 Å². The zero-order chi connectivity index (χ0) is 17.5. The van der Waals surface area contributed by atoms with E-state index in [-0.39, 0.29) is 24.3 Å². The average molecular weight is 348 g/mol. The van der Waals surface area contributed by atoms with Gasteiger partial charge < -0.3 is 5.32 Å². The Labute approximate surface area is 144 Å². The molecule has 0 fully saturated rings. The predicted molar refractivity (Wildman–Crippen MR) is 92.4 cm³/mol. The Morgan fingerprint density at radius 2 is 2.17 bits per heavy atom. The molecule has 0 bridgehead atoms. The van der Waals surface area contributed by atoms with Crippen LogP contribution in [0.2, 0.25) is 5.02 Å². The second-order valence-electron chi connectivity index (χ2n) is 4.96. The van der Waals surface area contributed by atoms with Crippen molar-refractivity contribution >= 4 is 34.9 Å². The summed E-state index contributed by atoms with van der Waals surface area (Å²) in [6, 6.07) is 7.31. The van der Waals surface area contributed by atoms with Crippen molar-refractivity contribution < 1.29 is 9.59 Å². The molecule has 0 saturated heterocycles. The van der Waals surface area contributed by atoms with Crippen LogP contribution in [-0.4, -0.2) is 33.6 Å². The highest BCUT2D eigenvalue weighted by Gasteiger charge is 2.08. The summed E-state index contributed by atoms with van der Waals surface area (Å²) in [4.78, 5) is 27.4. The number of aromatic nitrogens is 3. The van der Waals surface area contributed by atoms with Gasteiger partial charge in [-0.05, 0) is 29.7 Å². The molecule has 2 amide bonds. The van der Waals surface area contributed by atoms with Gasteiger partial charge >= 0.3 is 0 Å². The second-order valence-corrected chi connectivity index (χ2v) is 5.40. The average Bonchev–Trinajstić information content (AvgIpc) is 2.99. The Balaban J connectivity index is 2.07. The van der Waals surface area contributed by atoms with Gasteiger partial charge in [-0.2, -0.15) is 0 Å². The molecule has 1 heterocycles. The quantitative estimate of drug-likeness (QED) is 0.783. The Morgan fingerprint density at radius 3 is 2.83 bits per heavy atom. The van der Waals surface area contributed by atoms with Crippen LogP contribution in [0.3, 0.4) is 0 Å². The van der Waals surface area contributed by atoms with Crippen molar-refractivity contribution in [2.45, 2.75) is 19.9 Å². The molecule has 24 heavy (non-hydrogen) atoms. The molecule has 7 nitrogen and oxygen atoms in total. The molecule has 2 N–H and O–H groups in total. The van der Waals surface area contributed by atoms with Gasteiger partial charge in [0.15, 0.2) is 0 Å². The van der Waals surface area contributed by atoms with Gasteiger partial charge in [0, 0.05) is 18.1 Å². The summed E-state index contributed by atoms with van der Waals surface area (Å²) < 4.78 is 1.34. The lowest BCUT2D eigenvalue weighted by molar-refractivity contribution is -0.121. The van der Waals surface area contributed by atoms with E-state index in [0.717, 1.165) is 11.1 Å². The minimum atomic E-state index is -0.343. The molecule has 126 valence electrons. The van der Waals surface area contributed by atoms with E-state index in [4.69, 9.17) is 11.6 Å². The van der Waals surface area contributed by atoms with E-state index in [1.165, 1.54) is 24.1 Å². The fourth-order valence-corrected chi connectivity index (χ4v) is 2.23. The topological polar surface area (TPSA) is 88.9 Å². The number of benzene rings is 1. The van der Waals surface area contributed by atoms with Crippen molar-refractivity contribution in [2.24, 2.45) is 0 Å². The van der Waals surface area contributed by atoms with Crippen LogP contribution >= 0.6 is 11.6 Å². The third kappa shape index (κ3) is 4.92. The number of allylic oxidation sites excluding steroid dienone is 1. The molecule has 2 aromatic rings. The Morgan fingerprint density at radius 1 is 1.38 bits per heavy atom. The van der Waals surface area contributed by atoms with Crippen LogP contribution in [0, 0.1) is 0 Å². The van der Waals surface area contributed by atoms with E-state index in [9.17, 15) is 9.59 Å². The summed E-state index contributed by atoms with van der Waals surface area (Å²) in [5.41, 5.74) is 1.73. The molecule has 0 aliphatic heterocycles. The lowest BCUT2D eigenvalue weighted by Crippen LogP contribution is -2.23. The van der Waals surface area contributed by atoms with Gasteiger partial charge in [0.2, 0.25) is 11.9 Å². The van der Waals surface area contributed by atoms with Gasteiger partial charge in [-0.3, -0.25) is 14.9 Å². The highest BCUT2D eigenvalue weighted by molar-refractivity contribution is 6.30. The van der Waals surface area contributed by atoms with Crippen molar-refractivity contribution in [3.8, 4) is 0 Å². The Hall–Kier alpha value is -2.67. The van der Waals surface area contributed by atoms with Gasteiger partial charge in [0.25, 0.3) is 5.91 Å². The second kappa shape index (κ2) is 8.26. The summed E-state index contributed by atoms with van der Waals surface area (Å²) in [7, 11) is 1.54. The number of rotatable bonds is 6. The van der Waals surface area contributed by atoms with Crippen molar-refractivity contribution in [3.05, 3.63) is 47.3 Å². The molecule has 0 unspecified atom stereocenters. The van der Waals surface area contributed by atoms with Crippen LogP contribution < -0.4 is 10.6 Å². The number of nitrogens with one attached hydrogen (secondary N) is 2. The number of hydrogen-bond acceptors (Lipinski definition) is 4. The lowest BCUT2D eigenvalue weighted by atomic mass is 10.0. The number of halogens is 1. The van der Waals surface area contributed by atoms with Crippen molar-refractivity contribution in [2.75, 3.05) is 12.4 Å². The molecule has 0 saturated carbocycles. The van der Waals surface area contributed by atoms with Crippen molar-refractivity contribution in [1.29, 1.82) is 0 Å². The summed E-state index contributed by atoms with van der Waals surface area (Å²) in [5.74, 6) is -0.405. The number of nitrogens with zero attached hydrogens (tertiary/aromatic N) is 3. The molecule has 0 aliphatic rings. The fourth-order valence-electron chi connectivity index (χ4n) is 2.04. The highest BCUT2D eigenvalue weighted by Crippen LogP contribution is 2.21. The summed E-state index contributed by atoms with van der Waals surface area (Å²) in [6.07, 6.45) is 3.55. The standard InChI is InChI=1S/C16H18ClN5O2/c1-3-11(12-5-4-6-13(17)7-12)8-14(23)20-16-19-10-22(21-16)9-15(24)18-2/h4-8,10H,3,9H2,1-2H3,(H,18,24)(H,20,21,23). The molecule has 8 heteroatoms. The van der Waals surface area contributed by atoms with Crippen LogP contribution in [0.1, 0.15) is 18.9 Å². The molecule has 2 rings (SSSR count). The molecule has 0 atom stereocenters. The minimum absolute atomic E-state index is 0.0396. The van der Waals surface area contributed by atoms with E-state index < -0.39 is 0 Å². The first-order chi connectivity index (χ1) is 11.5. The Kier molecular flexibility index (Phi) is 6.08. The molecular weight excluding hydrogens is 330 g/mol. The molecule has 1 aromatic heterocycles. The van der Waals surface area contributed by atoms with E-state index in [2.05, 4.69) is 20.7 Å². The molecule has 0 aliphatic carbocycles. The first kappa shape index (κ1) is 17.7. The van der Waals surface area contributed by atoms with Gasteiger partial charge in [-0.25, -0.2) is 9.67 Å². The largest absolute Gasteiger partial charge is 0.358 e. The van der Waals surface area contributed by atoms with Crippen molar-refractivity contribution in [3.63, 3.8) is 0 Å². The van der Waals surface area contributed by atoms with Crippen LogP contribution in [0.4, 0.5) is 5.95 Å². The van der Waals surface area contributed by atoms with Gasteiger partial charge in [0.1, 0.15) is 12.9 Å². The zero-order valence-electron chi connectivity index (χ0n) is 13.4. The molecule has 1 aromatic carbocycles. The summed E-state index contributed by atoms with van der Waals surface area (Å²) >= 11 is 5.99. The van der Waals surface area contributed by atoms with Gasteiger partial charge in [-0.1, -0.05) is 30.7 Å². The number of carbonyl (C=O) groups excluding carboxylic acids is 2. The fraction of sp³-hybridized carbons (Fsp3) is 0.250. The Bertz CT molecular complexity index is 769. The normalized spacial score (nSPS) is 11.2. The smallest absolute Gasteiger partial charge is 0.251 e. The van der Waals surface area contributed by atoms with E-state index in [1.54, 1.807) is 12.1 Å². The highest BCUT2D eigenvalue weighted by atomic mass is 35.5. The maximum Gasteiger partial charge on any atom is 0.251 e. The number of hydrogen-bond donors (Lipinski definition) is 2. The van der Waals surface area contributed by atoms with Crippen LogP contribution in [-0.2, 0) is 16.1 Å². The number of likely N-dealkylation sites (N-methyl/N-ethyl adjacent to an activating group) is 1. The van der Waals surface area contributed by atoms with Crippen LogP contribution in [0.15, 0.2) is 36.7 Å². The first-order valence-electron chi connectivity index (χ1n) is 7.39. The lowest BCUT2D eigenvalue weighted by Gasteiger charge is -2.05. The van der Waals surface area contributed by atoms with Crippen LogP contribution in [0.5, 0.6) is 0 Å². The molecular formula is C16H18ClN5O2. The molecule has 0 radical (unpaired) electrons. The number of anilines is 1. The maximum atomic E-state index is 12.1. The van der Waals surface area contributed by atoms with Crippen LogP contribution in [0.25, 0.3) is 5.57 Å². The summed E-state index contributed by atoms with van der Waals surface area (Å²) in [6.45, 7) is 1.99. The maximum absolute atomic E-state index is 12.1. The number of carbonyl (C=O) groups is 2. The van der Waals surface area contributed by atoms with E-state index in [1.807, 2.05) is 19.1 Å². The minimum Gasteiger partial charge on any atom is -0.358 e. The summed E-state index contributed by atoms with van der Waals surface area (Å²) in [5, 5.41) is 9.70. The first-order valence-corrected chi connectivity index (χ1v) is 7.77. The predicted octanol–water partition coefficient (Wildman–Crippen LogP) is 2.11. The zero-order valence-corrected chi connectivity index (χ0v) is 14.2. The third-order valence-corrected chi connectivity index (χ3v) is 3.47. The monoisotopic (exact) mass is 347 g/mol. The van der Waals surface area contributed by atoms with Crippen molar-refractivity contribution in [1.82, 2.24) is 20.1 Å².